The summed E-state index contributed by atoms with van der Waals surface area (Å²) in [6, 6.07) is 7.97. The monoisotopic (exact) mass is 261 g/mol. The van der Waals surface area contributed by atoms with Crippen LogP contribution in [0, 0.1) is 0 Å². The van der Waals surface area contributed by atoms with E-state index >= 15 is 0 Å². The molecule has 1 heterocycles. The highest BCUT2D eigenvalue weighted by Gasteiger charge is 2.01. The van der Waals surface area contributed by atoms with Gasteiger partial charge in [0.1, 0.15) is 0 Å². The van der Waals surface area contributed by atoms with Crippen LogP contribution in [0.2, 0.25) is 0 Å². The maximum absolute atomic E-state index is 4.58. The van der Waals surface area contributed by atoms with E-state index in [0.29, 0.717) is 5.25 Å². The van der Waals surface area contributed by atoms with Crippen LogP contribution in [0.1, 0.15) is 19.0 Å². The van der Waals surface area contributed by atoms with Crippen LogP contribution in [-0.2, 0) is 6.54 Å². The third-order valence-electron chi connectivity index (χ3n) is 2.93. The fourth-order valence-electron chi connectivity index (χ4n) is 1.72. The van der Waals surface area contributed by atoms with Crippen molar-refractivity contribution in [1.29, 1.82) is 0 Å². The fraction of sp³-hybridized carbons (Fsp3) is 0.429. The minimum absolute atomic E-state index is 0.709. The number of nitrogens with one attached hydrogen (secondary N) is 1. The van der Waals surface area contributed by atoms with Gasteiger partial charge in [0.2, 0.25) is 0 Å². The molecule has 4 heteroatoms. The Hall–Kier alpha value is -1.13. The van der Waals surface area contributed by atoms with E-state index in [2.05, 4.69) is 28.5 Å². The average molecular weight is 261 g/mol. The number of hydrogen-bond acceptors (Lipinski definition) is 4. The van der Waals surface area contributed by atoms with Gasteiger partial charge in [-0.2, -0.15) is 11.8 Å². The van der Waals surface area contributed by atoms with E-state index in [1.54, 1.807) is 0 Å². The number of para-hydroxylation sites is 2. The van der Waals surface area contributed by atoms with Gasteiger partial charge in [0.15, 0.2) is 0 Å². The Balaban J connectivity index is 1.88. The highest BCUT2D eigenvalue weighted by Crippen LogP contribution is 2.09. The summed E-state index contributed by atoms with van der Waals surface area (Å²) in [5, 5.41) is 4.12. The van der Waals surface area contributed by atoms with Crippen LogP contribution in [-0.4, -0.2) is 28.0 Å². The van der Waals surface area contributed by atoms with Crippen LogP contribution in [0.15, 0.2) is 30.5 Å². The van der Waals surface area contributed by atoms with Gasteiger partial charge in [-0.15, -0.1) is 0 Å². The minimum Gasteiger partial charge on any atom is -0.311 e. The van der Waals surface area contributed by atoms with Crippen LogP contribution in [0.3, 0.4) is 0 Å². The Morgan fingerprint density at radius 2 is 2.06 bits per heavy atom. The number of fused-ring (bicyclic) bond motifs is 1. The molecule has 1 atom stereocenters. The van der Waals surface area contributed by atoms with E-state index in [1.165, 1.54) is 6.42 Å². The summed E-state index contributed by atoms with van der Waals surface area (Å²) >= 11 is 1.90. The molecule has 1 unspecified atom stereocenters. The lowest BCUT2D eigenvalue weighted by Gasteiger charge is -2.08. The van der Waals surface area contributed by atoms with Crippen LogP contribution < -0.4 is 5.32 Å². The Morgan fingerprint density at radius 1 is 1.28 bits per heavy atom. The van der Waals surface area contributed by atoms with Gasteiger partial charge in [-0.1, -0.05) is 19.1 Å². The van der Waals surface area contributed by atoms with Crippen molar-refractivity contribution in [3.63, 3.8) is 0 Å². The number of rotatable bonds is 6. The molecule has 96 valence electrons. The number of thioether (sulfide) groups is 1. The van der Waals surface area contributed by atoms with Crippen molar-refractivity contribution in [1.82, 2.24) is 15.3 Å². The fourth-order valence-corrected chi connectivity index (χ4v) is 2.07. The molecule has 0 spiro atoms. The summed E-state index contributed by atoms with van der Waals surface area (Å²) in [7, 11) is 0. The third kappa shape index (κ3) is 3.68. The molecule has 2 aromatic rings. The molecule has 0 saturated heterocycles. The van der Waals surface area contributed by atoms with Crippen molar-refractivity contribution in [3.05, 3.63) is 36.2 Å². The molecule has 18 heavy (non-hydrogen) atoms. The lowest BCUT2D eigenvalue weighted by molar-refractivity contribution is 0.639. The van der Waals surface area contributed by atoms with E-state index in [4.69, 9.17) is 0 Å². The molecule has 0 saturated carbocycles. The number of hydrogen-bond donors (Lipinski definition) is 1. The van der Waals surface area contributed by atoms with Gasteiger partial charge in [-0.05, 0) is 31.4 Å². The van der Waals surface area contributed by atoms with Gasteiger partial charge in [0.05, 0.1) is 22.9 Å². The van der Waals surface area contributed by atoms with E-state index in [0.717, 1.165) is 29.8 Å². The average Bonchev–Trinajstić information content (AvgIpc) is 2.43. The molecule has 0 fully saturated rings. The predicted molar refractivity (Wildman–Crippen MR) is 78.8 cm³/mol. The zero-order chi connectivity index (χ0) is 12.8. The standard InChI is InChI=1S/C14H19N3S/c1-11(18-2)7-8-15-9-12-10-16-13-5-3-4-6-14(13)17-12/h3-6,10-11,15H,7-9H2,1-2H3. The molecule has 0 amide bonds. The summed E-state index contributed by atoms with van der Waals surface area (Å²) in [5.74, 6) is 0. The molecular weight excluding hydrogens is 242 g/mol. The van der Waals surface area contributed by atoms with Crippen molar-refractivity contribution >= 4 is 22.8 Å². The molecule has 1 aromatic heterocycles. The highest BCUT2D eigenvalue weighted by atomic mass is 32.2. The molecule has 3 nitrogen and oxygen atoms in total. The summed E-state index contributed by atoms with van der Waals surface area (Å²) in [6.07, 6.45) is 5.19. The molecule has 0 bridgehead atoms. The first kappa shape index (κ1) is 13.3. The summed E-state index contributed by atoms with van der Waals surface area (Å²) < 4.78 is 0. The Labute approximate surface area is 112 Å². The van der Waals surface area contributed by atoms with Gasteiger partial charge in [-0.3, -0.25) is 4.98 Å². The molecule has 1 aromatic carbocycles. The zero-order valence-corrected chi connectivity index (χ0v) is 11.7. The van der Waals surface area contributed by atoms with Gasteiger partial charge in [0, 0.05) is 11.8 Å². The van der Waals surface area contributed by atoms with Crippen molar-refractivity contribution in [2.24, 2.45) is 0 Å². The van der Waals surface area contributed by atoms with Gasteiger partial charge in [-0.25, -0.2) is 4.98 Å². The molecule has 0 aliphatic rings. The van der Waals surface area contributed by atoms with Crippen LogP contribution >= 0.6 is 11.8 Å². The van der Waals surface area contributed by atoms with E-state index < -0.39 is 0 Å². The second-order valence-electron chi connectivity index (χ2n) is 4.36. The van der Waals surface area contributed by atoms with Crippen LogP contribution in [0.25, 0.3) is 11.0 Å². The van der Waals surface area contributed by atoms with Crippen LogP contribution in [0.4, 0.5) is 0 Å². The van der Waals surface area contributed by atoms with Crippen molar-refractivity contribution in [2.75, 3.05) is 12.8 Å². The smallest absolute Gasteiger partial charge is 0.0890 e. The Morgan fingerprint density at radius 3 is 2.83 bits per heavy atom. The number of benzene rings is 1. The first-order valence-corrected chi connectivity index (χ1v) is 7.52. The first-order chi connectivity index (χ1) is 8.79. The third-order valence-corrected chi connectivity index (χ3v) is 3.98. The predicted octanol–water partition coefficient (Wildman–Crippen LogP) is 2.86. The summed E-state index contributed by atoms with van der Waals surface area (Å²) in [4.78, 5) is 8.99. The zero-order valence-electron chi connectivity index (χ0n) is 10.9. The second kappa shape index (κ2) is 6.71. The SMILES string of the molecule is CSC(C)CCNCc1cnc2ccccc2n1. The second-order valence-corrected chi connectivity index (χ2v) is 5.64. The Bertz CT molecular complexity index is 501. The van der Waals surface area contributed by atoms with Crippen molar-refractivity contribution in [2.45, 2.75) is 25.1 Å². The van der Waals surface area contributed by atoms with Crippen LogP contribution in [0.5, 0.6) is 0 Å². The van der Waals surface area contributed by atoms with Gasteiger partial charge in [0.25, 0.3) is 0 Å². The summed E-state index contributed by atoms with van der Waals surface area (Å²) in [6.45, 7) is 4.07. The number of aromatic nitrogens is 2. The lowest BCUT2D eigenvalue weighted by Crippen LogP contribution is -2.18. The Kier molecular flexibility index (Phi) is 4.96. The summed E-state index contributed by atoms with van der Waals surface area (Å²) in [5.41, 5.74) is 2.93. The maximum Gasteiger partial charge on any atom is 0.0890 e. The normalized spacial score (nSPS) is 12.8. The lowest BCUT2D eigenvalue weighted by atomic mass is 10.3. The molecular formula is C14H19N3S. The van der Waals surface area contributed by atoms with Gasteiger partial charge < -0.3 is 5.32 Å². The molecule has 2 rings (SSSR count). The van der Waals surface area contributed by atoms with Crippen molar-refractivity contribution in [3.8, 4) is 0 Å². The highest BCUT2D eigenvalue weighted by molar-refractivity contribution is 7.99. The first-order valence-electron chi connectivity index (χ1n) is 6.24. The topological polar surface area (TPSA) is 37.8 Å². The molecule has 0 radical (unpaired) electrons. The quantitative estimate of drug-likeness (QED) is 0.811. The molecule has 1 N–H and O–H groups in total. The van der Waals surface area contributed by atoms with E-state index in [-0.39, 0.29) is 0 Å². The molecule has 0 aliphatic heterocycles. The molecule has 0 aliphatic carbocycles. The number of nitrogens with zero attached hydrogens (tertiary/aromatic N) is 2. The van der Waals surface area contributed by atoms with E-state index in [1.807, 2.05) is 42.2 Å². The van der Waals surface area contributed by atoms with Gasteiger partial charge >= 0.3 is 0 Å². The largest absolute Gasteiger partial charge is 0.311 e. The van der Waals surface area contributed by atoms with E-state index in [9.17, 15) is 0 Å². The van der Waals surface area contributed by atoms with Crippen molar-refractivity contribution < 1.29 is 0 Å². The maximum atomic E-state index is 4.58. The minimum atomic E-state index is 0.709.